The lowest BCUT2D eigenvalue weighted by Gasteiger charge is -2.26. The summed E-state index contributed by atoms with van der Waals surface area (Å²) < 4.78 is 81.8. The number of carbonyl (C=O) groups is 2. The van der Waals surface area contributed by atoms with Crippen LogP contribution >= 0.6 is 18.9 Å². The molecule has 0 aliphatic rings. The third kappa shape index (κ3) is 7.63. The highest BCUT2D eigenvalue weighted by Crippen LogP contribution is 2.58. The van der Waals surface area contributed by atoms with Gasteiger partial charge in [0.05, 0.1) is 6.61 Å². The molecule has 1 aromatic heterocycles. The summed E-state index contributed by atoms with van der Waals surface area (Å²) in [6.07, 6.45) is -3.02. The van der Waals surface area contributed by atoms with Gasteiger partial charge in [0.25, 0.3) is 0 Å². The van der Waals surface area contributed by atoms with E-state index in [1.54, 1.807) is 6.92 Å². The molecular formula is C21H24F4NO6PS. The van der Waals surface area contributed by atoms with E-state index in [1.165, 1.54) is 37.3 Å². The van der Waals surface area contributed by atoms with Crippen molar-refractivity contribution in [3.63, 3.8) is 0 Å². The number of thiophene rings is 1. The van der Waals surface area contributed by atoms with Crippen LogP contribution in [0, 0.1) is 0 Å². The van der Waals surface area contributed by atoms with Crippen LogP contribution in [0.15, 0.2) is 36.9 Å². The number of hydrogen-bond acceptors (Lipinski definition) is 7. The highest BCUT2D eigenvalue weighted by atomic mass is 32.1. The monoisotopic (exact) mass is 525 g/mol. The van der Waals surface area contributed by atoms with Gasteiger partial charge in [-0.2, -0.15) is 13.2 Å². The Morgan fingerprint density at radius 2 is 1.97 bits per heavy atom. The first-order valence-electron chi connectivity index (χ1n) is 10.1. The molecule has 13 heteroatoms. The fraction of sp³-hybridized carbons (Fsp3) is 0.429. The van der Waals surface area contributed by atoms with Crippen LogP contribution in [-0.2, 0) is 23.4 Å². The Balaban J connectivity index is 2.33. The van der Waals surface area contributed by atoms with Crippen LogP contribution in [0.3, 0.4) is 0 Å². The molecule has 0 amide bonds. The second-order valence-corrected chi connectivity index (χ2v) is 10.4. The predicted octanol–water partition coefficient (Wildman–Crippen LogP) is 5.92. The highest BCUT2D eigenvalue weighted by molar-refractivity contribution is 7.57. The second kappa shape index (κ2) is 11.9. The van der Waals surface area contributed by atoms with Crippen LogP contribution in [0.25, 0.3) is 10.1 Å². The number of carbonyl (C=O) groups excluding carboxylic acids is 2. The molecule has 0 saturated carbocycles. The summed E-state index contributed by atoms with van der Waals surface area (Å²) in [5, 5.41) is 2.45. The molecule has 1 heterocycles. The van der Waals surface area contributed by atoms with E-state index in [0.717, 1.165) is 11.3 Å². The van der Waals surface area contributed by atoms with Gasteiger partial charge < -0.3 is 14.0 Å². The minimum absolute atomic E-state index is 0.00481. The van der Waals surface area contributed by atoms with Crippen molar-refractivity contribution < 1.29 is 45.7 Å². The number of nitrogens with one attached hydrogen (secondary N) is 1. The van der Waals surface area contributed by atoms with Gasteiger partial charge in [-0.15, -0.1) is 11.3 Å². The fourth-order valence-electron chi connectivity index (χ4n) is 2.70. The van der Waals surface area contributed by atoms with Crippen molar-refractivity contribution in [3.8, 4) is 0 Å². The summed E-state index contributed by atoms with van der Waals surface area (Å²) in [4.78, 5) is 24.2. The highest BCUT2D eigenvalue weighted by Gasteiger charge is 2.42. The lowest BCUT2D eigenvalue weighted by molar-refractivity contribution is -0.154. The molecule has 0 spiro atoms. The first kappa shape index (κ1) is 28.0. The van der Waals surface area contributed by atoms with Crippen LogP contribution in [0.4, 0.5) is 17.6 Å². The number of ether oxygens (including phenoxy) is 2. The number of rotatable bonds is 12. The molecule has 0 aliphatic heterocycles. The van der Waals surface area contributed by atoms with E-state index in [1.807, 2.05) is 0 Å². The Bertz CT molecular complexity index is 1070. The molecule has 0 fully saturated rings. The van der Waals surface area contributed by atoms with Crippen LogP contribution in [0.1, 0.15) is 41.4 Å². The lowest BCUT2D eigenvalue weighted by atomic mass is 10.2. The van der Waals surface area contributed by atoms with Crippen molar-refractivity contribution in [2.75, 3.05) is 19.8 Å². The Kier molecular flexibility index (Phi) is 9.81. The molecule has 3 atom stereocenters. The summed E-state index contributed by atoms with van der Waals surface area (Å²) in [6, 6.07) is 3.90. The standard InChI is InChI=1S/C21H24F4NO6PS/c1-4-8-30-19(27)13(3)26-33(29,32-12-21(23,24)25)18(22)14-6-7-16-15(10-14)11-17(34-16)20(28)31-9-5-2/h5-7,10-11,13,18H,2,4,8-9,12H2,1,3H3,(H,26,29). The molecule has 1 aromatic carbocycles. The van der Waals surface area contributed by atoms with Gasteiger partial charge in [0, 0.05) is 4.70 Å². The molecule has 188 valence electrons. The number of benzene rings is 1. The third-order valence-electron chi connectivity index (χ3n) is 4.24. The van der Waals surface area contributed by atoms with Gasteiger partial charge in [0.2, 0.25) is 5.91 Å². The van der Waals surface area contributed by atoms with Crippen molar-refractivity contribution in [2.24, 2.45) is 0 Å². The SMILES string of the molecule is C=CCOC(=O)c1cc2cc(C(F)P(=O)(NC(C)C(=O)OCCC)OCC(F)(F)F)ccc2s1. The first-order valence-corrected chi connectivity index (χ1v) is 12.6. The Morgan fingerprint density at radius 3 is 2.59 bits per heavy atom. The lowest BCUT2D eigenvalue weighted by Crippen LogP contribution is -2.35. The van der Waals surface area contributed by atoms with Gasteiger partial charge in [0.15, 0.2) is 6.61 Å². The predicted molar refractivity (Wildman–Crippen MR) is 120 cm³/mol. The number of alkyl halides is 4. The minimum atomic E-state index is -4.91. The van der Waals surface area contributed by atoms with Crippen molar-refractivity contribution in [2.45, 2.75) is 38.4 Å². The second-order valence-electron chi connectivity index (χ2n) is 7.13. The molecule has 34 heavy (non-hydrogen) atoms. The summed E-state index contributed by atoms with van der Waals surface area (Å²) in [6.45, 7) is 4.38. The molecule has 0 aliphatic carbocycles. The molecule has 1 N–H and O–H groups in total. The zero-order chi connectivity index (χ0) is 25.5. The fourth-order valence-corrected chi connectivity index (χ4v) is 5.51. The van der Waals surface area contributed by atoms with E-state index >= 15 is 4.39 Å². The average Bonchev–Trinajstić information content (AvgIpc) is 3.22. The maximum atomic E-state index is 15.4. The van der Waals surface area contributed by atoms with Gasteiger partial charge >= 0.3 is 25.6 Å². The Hall–Kier alpha value is -2.27. The maximum absolute atomic E-state index is 15.4. The maximum Gasteiger partial charge on any atom is 0.412 e. The summed E-state index contributed by atoms with van der Waals surface area (Å²) >= 11 is 1.06. The van der Waals surface area contributed by atoms with Crippen molar-refractivity contribution in [1.29, 1.82) is 0 Å². The third-order valence-corrected chi connectivity index (χ3v) is 7.49. The number of halogens is 4. The molecule has 2 rings (SSSR count). The molecule has 2 aromatic rings. The molecule has 0 bridgehead atoms. The van der Waals surface area contributed by atoms with Gasteiger partial charge in [0.1, 0.15) is 17.5 Å². The number of fused-ring (bicyclic) bond motifs is 1. The van der Waals surface area contributed by atoms with Gasteiger partial charge in [-0.3, -0.25) is 9.36 Å². The van der Waals surface area contributed by atoms with Crippen LogP contribution < -0.4 is 5.09 Å². The Labute approximate surface area is 197 Å². The van der Waals surface area contributed by atoms with Gasteiger partial charge in [-0.05, 0) is 42.5 Å². The molecule has 7 nitrogen and oxygen atoms in total. The molecule has 0 radical (unpaired) electrons. The number of esters is 2. The summed E-state index contributed by atoms with van der Waals surface area (Å²) in [7, 11) is -4.91. The zero-order valence-corrected chi connectivity index (χ0v) is 20.1. The molecular weight excluding hydrogens is 501 g/mol. The van der Waals surface area contributed by atoms with Crippen molar-refractivity contribution >= 4 is 40.9 Å². The average molecular weight is 525 g/mol. The van der Waals surface area contributed by atoms with E-state index in [4.69, 9.17) is 9.47 Å². The van der Waals surface area contributed by atoms with Gasteiger partial charge in [-0.1, -0.05) is 25.6 Å². The largest absolute Gasteiger partial charge is 0.465 e. The smallest absolute Gasteiger partial charge is 0.412 e. The minimum Gasteiger partial charge on any atom is -0.465 e. The van der Waals surface area contributed by atoms with Crippen LogP contribution in [0.2, 0.25) is 0 Å². The van der Waals surface area contributed by atoms with Crippen LogP contribution in [0.5, 0.6) is 0 Å². The van der Waals surface area contributed by atoms with E-state index in [2.05, 4.69) is 16.2 Å². The summed E-state index contributed by atoms with van der Waals surface area (Å²) in [5.41, 5.74) is -0.261. The topological polar surface area (TPSA) is 90.9 Å². The van der Waals surface area contributed by atoms with E-state index in [0.29, 0.717) is 16.5 Å². The number of hydrogen-bond donors (Lipinski definition) is 1. The quantitative estimate of drug-likeness (QED) is 0.159. The van der Waals surface area contributed by atoms with Crippen LogP contribution in [-0.4, -0.2) is 44.0 Å². The molecule has 0 saturated heterocycles. The van der Waals surface area contributed by atoms with Crippen molar-refractivity contribution in [1.82, 2.24) is 5.09 Å². The van der Waals surface area contributed by atoms with E-state index in [9.17, 15) is 27.3 Å². The Morgan fingerprint density at radius 1 is 1.26 bits per heavy atom. The summed E-state index contributed by atoms with van der Waals surface area (Å²) in [5.74, 6) is -4.09. The first-order chi connectivity index (χ1) is 15.9. The van der Waals surface area contributed by atoms with Gasteiger partial charge in [-0.25, -0.2) is 14.3 Å². The normalized spacial score (nSPS) is 15.4. The van der Waals surface area contributed by atoms with Crippen molar-refractivity contribution in [3.05, 3.63) is 47.4 Å². The zero-order valence-electron chi connectivity index (χ0n) is 18.4. The van der Waals surface area contributed by atoms with E-state index < -0.39 is 44.2 Å². The van der Waals surface area contributed by atoms with E-state index in [-0.39, 0.29) is 23.7 Å². The molecule has 3 unspecified atom stereocenters.